The van der Waals surface area contributed by atoms with E-state index in [1.165, 1.54) is 10.6 Å². The molecule has 11 heteroatoms. The lowest BCUT2D eigenvalue weighted by Gasteiger charge is -2.18. The minimum absolute atomic E-state index is 0.0187. The van der Waals surface area contributed by atoms with Crippen LogP contribution in [-0.2, 0) is 4.74 Å². The van der Waals surface area contributed by atoms with Crippen LogP contribution in [0.25, 0.3) is 11.2 Å². The number of anilines is 1. The number of nitrogen functional groups attached to an aromatic ring is 1. The summed E-state index contributed by atoms with van der Waals surface area (Å²) in [6.45, 7) is 3.10. The standard InChI is InChI=1S/C13H17N5O6/c1-2-3-23-13-15-6-9(16-12(14)17-10(6)22)18(13)11-8(21)7(20)5(4-19)24-11/h2,5,7-8,11,19-21H,1,3-4H2,(H3,14,16,17,22). The molecule has 1 aliphatic rings. The molecule has 11 nitrogen and oxygen atoms in total. The molecule has 0 saturated carbocycles. The lowest BCUT2D eigenvalue weighted by Crippen LogP contribution is -2.33. The van der Waals surface area contributed by atoms with Gasteiger partial charge in [-0.2, -0.15) is 9.97 Å². The van der Waals surface area contributed by atoms with Gasteiger partial charge in [-0.15, -0.1) is 0 Å². The summed E-state index contributed by atoms with van der Waals surface area (Å²) in [7, 11) is 0. The monoisotopic (exact) mass is 339 g/mol. The summed E-state index contributed by atoms with van der Waals surface area (Å²) in [4.78, 5) is 22.4. The molecule has 0 bridgehead atoms. The molecule has 4 atom stereocenters. The molecule has 1 fully saturated rings. The van der Waals surface area contributed by atoms with Crippen molar-refractivity contribution in [1.82, 2.24) is 19.5 Å². The molecule has 3 heterocycles. The smallest absolute Gasteiger partial charge is 0.301 e. The van der Waals surface area contributed by atoms with Crippen LogP contribution in [0.5, 0.6) is 6.01 Å². The fraction of sp³-hybridized carbons (Fsp3) is 0.462. The predicted octanol–water partition coefficient (Wildman–Crippen LogP) is -2.12. The summed E-state index contributed by atoms with van der Waals surface area (Å²) < 4.78 is 12.1. The molecule has 130 valence electrons. The first-order valence-electron chi connectivity index (χ1n) is 7.11. The van der Waals surface area contributed by atoms with Crippen LogP contribution in [0.3, 0.4) is 0 Å². The van der Waals surface area contributed by atoms with Gasteiger partial charge in [0, 0.05) is 0 Å². The second kappa shape index (κ2) is 6.20. The molecule has 24 heavy (non-hydrogen) atoms. The van der Waals surface area contributed by atoms with Crippen molar-refractivity contribution in [1.29, 1.82) is 0 Å². The summed E-state index contributed by atoms with van der Waals surface area (Å²) in [5, 5.41) is 29.4. The van der Waals surface area contributed by atoms with Crippen molar-refractivity contribution in [2.45, 2.75) is 24.5 Å². The SMILES string of the molecule is C=CCOc1nc2c(=O)[nH]c(N)nc2n1C1OC(CO)C(O)C1O. The van der Waals surface area contributed by atoms with E-state index in [9.17, 15) is 20.1 Å². The Morgan fingerprint density at radius 2 is 2.17 bits per heavy atom. The Hall–Kier alpha value is -2.47. The normalized spacial score (nSPS) is 26.8. The molecule has 1 aliphatic heterocycles. The maximum Gasteiger partial charge on any atom is 0.301 e. The molecular formula is C13H17N5O6. The van der Waals surface area contributed by atoms with Crippen LogP contribution < -0.4 is 16.0 Å². The molecule has 6 N–H and O–H groups in total. The number of hydrogen-bond acceptors (Lipinski definition) is 9. The lowest BCUT2D eigenvalue weighted by atomic mass is 10.1. The van der Waals surface area contributed by atoms with Gasteiger partial charge >= 0.3 is 6.01 Å². The van der Waals surface area contributed by atoms with Crippen LogP contribution in [0.4, 0.5) is 5.95 Å². The molecular weight excluding hydrogens is 322 g/mol. The topological polar surface area (TPSA) is 169 Å². The van der Waals surface area contributed by atoms with E-state index in [1.54, 1.807) is 0 Å². The van der Waals surface area contributed by atoms with E-state index in [2.05, 4.69) is 21.5 Å². The maximum atomic E-state index is 12.0. The zero-order chi connectivity index (χ0) is 17.4. The van der Waals surface area contributed by atoms with Gasteiger partial charge in [0.05, 0.1) is 6.61 Å². The highest BCUT2D eigenvalue weighted by atomic mass is 16.6. The second-order valence-corrected chi connectivity index (χ2v) is 5.22. The zero-order valence-electron chi connectivity index (χ0n) is 12.5. The number of aliphatic hydroxyl groups excluding tert-OH is 3. The summed E-state index contributed by atoms with van der Waals surface area (Å²) in [6.07, 6.45) is -3.44. The Balaban J connectivity index is 2.17. The molecule has 3 rings (SSSR count). The van der Waals surface area contributed by atoms with Crippen LogP contribution in [0.1, 0.15) is 6.23 Å². The lowest BCUT2D eigenvalue weighted by molar-refractivity contribution is -0.0540. The first-order chi connectivity index (χ1) is 11.5. The van der Waals surface area contributed by atoms with Crippen LogP contribution in [0, 0.1) is 0 Å². The number of nitrogens with two attached hydrogens (primary N) is 1. The van der Waals surface area contributed by atoms with Crippen LogP contribution in [0.15, 0.2) is 17.4 Å². The Kier molecular flexibility index (Phi) is 4.24. The van der Waals surface area contributed by atoms with E-state index in [-0.39, 0.29) is 29.7 Å². The van der Waals surface area contributed by atoms with Gasteiger partial charge in [-0.3, -0.25) is 9.78 Å². The van der Waals surface area contributed by atoms with Gasteiger partial charge < -0.3 is 30.5 Å². The van der Waals surface area contributed by atoms with Crippen molar-refractivity contribution in [2.24, 2.45) is 0 Å². The average Bonchev–Trinajstić information content (AvgIpc) is 3.04. The Morgan fingerprint density at radius 3 is 2.79 bits per heavy atom. The Bertz CT molecular complexity index is 817. The number of hydrogen-bond donors (Lipinski definition) is 5. The Morgan fingerprint density at radius 1 is 1.42 bits per heavy atom. The molecule has 0 radical (unpaired) electrons. The number of rotatable bonds is 5. The van der Waals surface area contributed by atoms with Gasteiger partial charge in [0.1, 0.15) is 24.9 Å². The van der Waals surface area contributed by atoms with Crippen molar-refractivity contribution in [3.8, 4) is 6.01 Å². The van der Waals surface area contributed by atoms with Gasteiger partial charge in [0.15, 0.2) is 17.4 Å². The first-order valence-corrected chi connectivity index (χ1v) is 7.11. The highest BCUT2D eigenvalue weighted by molar-refractivity contribution is 5.72. The first kappa shape index (κ1) is 16.4. The van der Waals surface area contributed by atoms with E-state index in [0.29, 0.717) is 0 Å². The zero-order valence-corrected chi connectivity index (χ0v) is 12.5. The fourth-order valence-electron chi connectivity index (χ4n) is 2.54. The van der Waals surface area contributed by atoms with Crippen LogP contribution >= 0.6 is 0 Å². The third-order valence-electron chi connectivity index (χ3n) is 3.64. The van der Waals surface area contributed by atoms with Gasteiger partial charge in [0.25, 0.3) is 5.56 Å². The largest absolute Gasteiger partial charge is 0.460 e. The van der Waals surface area contributed by atoms with Crippen molar-refractivity contribution < 1.29 is 24.8 Å². The van der Waals surface area contributed by atoms with Gasteiger partial charge in [-0.1, -0.05) is 12.7 Å². The molecule has 0 spiro atoms. The van der Waals surface area contributed by atoms with Crippen molar-refractivity contribution in [2.75, 3.05) is 18.9 Å². The average molecular weight is 339 g/mol. The predicted molar refractivity (Wildman–Crippen MR) is 81.3 cm³/mol. The molecule has 2 aromatic heterocycles. The minimum atomic E-state index is -1.40. The van der Waals surface area contributed by atoms with E-state index >= 15 is 0 Å². The summed E-state index contributed by atoms with van der Waals surface area (Å²) in [5.41, 5.74) is 4.92. The number of nitrogens with zero attached hydrogens (tertiary/aromatic N) is 3. The number of H-pyrrole nitrogens is 1. The number of aliphatic hydroxyl groups is 3. The highest BCUT2D eigenvalue weighted by Crippen LogP contribution is 2.34. The highest BCUT2D eigenvalue weighted by Gasteiger charge is 2.45. The van der Waals surface area contributed by atoms with Gasteiger partial charge in [-0.05, 0) is 0 Å². The maximum absolute atomic E-state index is 12.0. The third-order valence-corrected chi connectivity index (χ3v) is 3.64. The number of ether oxygens (including phenoxy) is 2. The van der Waals surface area contributed by atoms with Gasteiger partial charge in [-0.25, -0.2) is 4.57 Å². The van der Waals surface area contributed by atoms with Crippen LogP contribution in [-0.4, -0.2) is 66.4 Å². The summed E-state index contributed by atoms with van der Waals surface area (Å²) in [5.74, 6) is -0.157. The van der Waals surface area contributed by atoms with E-state index in [1.807, 2.05) is 0 Å². The number of imidazole rings is 1. The van der Waals surface area contributed by atoms with Crippen molar-refractivity contribution >= 4 is 17.1 Å². The Labute approximate surface area is 135 Å². The van der Waals surface area contributed by atoms with E-state index in [0.717, 1.165) is 0 Å². The van der Waals surface area contributed by atoms with E-state index < -0.39 is 36.7 Å². The number of aromatic amines is 1. The van der Waals surface area contributed by atoms with Gasteiger partial charge in [0.2, 0.25) is 5.95 Å². The molecule has 0 aromatic carbocycles. The summed E-state index contributed by atoms with van der Waals surface area (Å²) >= 11 is 0. The molecule has 4 unspecified atom stereocenters. The third kappa shape index (κ3) is 2.53. The molecule has 0 amide bonds. The quantitative estimate of drug-likeness (QED) is 0.382. The van der Waals surface area contributed by atoms with Crippen LogP contribution in [0.2, 0.25) is 0 Å². The van der Waals surface area contributed by atoms with Crippen molar-refractivity contribution in [3.05, 3.63) is 23.0 Å². The number of nitrogens with one attached hydrogen (secondary N) is 1. The molecule has 0 aliphatic carbocycles. The molecule has 2 aromatic rings. The second-order valence-electron chi connectivity index (χ2n) is 5.22. The van der Waals surface area contributed by atoms with E-state index in [4.69, 9.17) is 15.2 Å². The van der Waals surface area contributed by atoms with Crippen molar-refractivity contribution in [3.63, 3.8) is 0 Å². The summed E-state index contributed by atoms with van der Waals surface area (Å²) in [6, 6.07) is -0.0664. The number of fused-ring (bicyclic) bond motifs is 1. The minimum Gasteiger partial charge on any atom is -0.460 e. The molecule has 1 saturated heterocycles. The fourth-order valence-corrected chi connectivity index (χ4v) is 2.54. The number of aromatic nitrogens is 4.